The summed E-state index contributed by atoms with van der Waals surface area (Å²) in [5.41, 5.74) is 3.39. The van der Waals surface area contributed by atoms with Crippen LogP contribution in [0.2, 0.25) is 0 Å². The van der Waals surface area contributed by atoms with E-state index in [0.717, 1.165) is 11.1 Å². The third-order valence-corrected chi connectivity index (χ3v) is 4.44. The second-order valence-corrected chi connectivity index (χ2v) is 6.61. The maximum absolute atomic E-state index is 11.8. The van der Waals surface area contributed by atoms with Gasteiger partial charge in [0.05, 0.1) is 25.5 Å². The van der Waals surface area contributed by atoms with Crippen LogP contribution in [0.25, 0.3) is 11.3 Å². The van der Waals surface area contributed by atoms with Crippen molar-refractivity contribution < 1.29 is 19.0 Å². The van der Waals surface area contributed by atoms with E-state index in [0.29, 0.717) is 40.7 Å². The summed E-state index contributed by atoms with van der Waals surface area (Å²) < 4.78 is 15.4. The largest absolute Gasteiger partial charge is 0.497 e. The third kappa shape index (κ3) is 5.56. The Balaban J connectivity index is 1.87. The molecule has 0 radical (unpaired) electrons. The van der Waals surface area contributed by atoms with Gasteiger partial charge in [-0.3, -0.25) is 4.79 Å². The number of ether oxygens (including phenoxy) is 3. The topological polar surface area (TPSA) is 106 Å². The number of rotatable bonds is 8. The molecule has 0 saturated heterocycles. The van der Waals surface area contributed by atoms with Crippen molar-refractivity contribution in [3.05, 3.63) is 65.6 Å². The molecule has 8 nitrogen and oxygen atoms in total. The number of amides is 1. The molecule has 1 amide bonds. The van der Waals surface area contributed by atoms with Gasteiger partial charge in [0.1, 0.15) is 30.0 Å². The molecule has 1 heterocycles. The van der Waals surface area contributed by atoms with Crippen molar-refractivity contribution >= 4 is 11.6 Å². The molecule has 0 aliphatic rings. The molecule has 3 aromatic rings. The Kier molecular flexibility index (Phi) is 7.14. The number of hydrogen-bond acceptors (Lipinski definition) is 7. The lowest BCUT2D eigenvalue weighted by Gasteiger charge is -2.11. The lowest BCUT2D eigenvalue weighted by atomic mass is 10.1. The Morgan fingerprint density at radius 3 is 2.65 bits per heavy atom. The number of carbonyl (C=O) groups excluding carboxylic acids is 1. The van der Waals surface area contributed by atoms with Gasteiger partial charge < -0.3 is 19.5 Å². The number of nitrogens with zero attached hydrogens (tertiary/aromatic N) is 3. The number of benzene rings is 2. The number of aromatic nitrogens is 2. The summed E-state index contributed by atoms with van der Waals surface area (Å²) in [6.07, 6.45) is 2.11. The normalized spacial score (nSPS) is 10.3. The second kappa shape index (κ2) is 10.2. The molecule has 0 spiro atoms. The molecule has 0 saturated carbocycles. The summed E-state index contributed by atoms with van der Waals surface area (Å²) in [5, 5.41) is 12.1. The van der Waals surface area contributed by atoms with Crippen LogP contribution in [0, 0.1) is 11.3 Å². The van der Waals surface area contributed by atoms with E-state index >= 15 is 0 Å². The van der Waals surface area contributed by atoms with Crippen molar-refractivity contribution in [1.82, 2.24) is 9.97 Å². The van der Waals surface area contributed by atoms with E-state index in [9.17, 15) is 10.1 Å². The first-order valence-electron chi connectivity index (χ1n) is 9.43. The lowest BCUT2D eigenvalue weighted by Crippen LogP contribution is -2.17. The molecule has 0 aliphatic heterocycles. The molecule has 0 bridgehead atoms. The molecule has 1 aromatic heterocycles. The minimum Gasteiger partial charge on any atom is -0.497 e. The second-order valence-electron chi connectivity index (χ2n) is 6.61. The van der Waals surface area contributed by atoms with Crippen LogP contribution in [-0.2, 0) is 16.0 Å². The first-order valence-corrected chi connectivity index (χ1v) is 9.43. The van der Waals surface area contributed by atoms with Crippen molar-refractivity contribution in [2.24, 2.45) is 0 Å². The quantitative estimate of drug-likeness (QED) is 0.599. The van der Waals surface area contributed by atoms with Crippen LogP contribution in [0.4, 0.5) is 5.69 Å². The van der Waals surface area contributed by atoms with Crippen LogP contribution in [0.5, 0.6) is 11.5 Å². The summed E-state index contributed by atoms with van der Waals surface area (Å²) in [5.74, 6) is 1.46. The Labute approximate surface area is 180 Å². The number of nitrogens with one attached hydrogen (secondary N) is 1. The van der Waals surface area contributed by atoms with Crippen LogP contribution in [0.1, 0.15) is 17.0 Å². The Bertz CT molecular complexity index is 1120. The van der Waals surface area contributed by atoms with Gasteiger partial charge in [-0.05, 0) is 42.0 Å². The van der Waals surface area contributed by atoms with E-state index in [1.54, 1.807) is 37.6 Å². The summed E-state index contributed by atoms with van der Waals surface area (Å²) in [6.45, 7) is -0.0375. The molecule has 0 fully saturated rings. The van der Waals surface area contributed by atoms with Crippen LogP contribution in [0.3, 0.4) is 0 Å². The molecule has 1 N–H and O–H groups in total. The number of methoxy groups -OCH3 is 3. The van der Waals surface area contributed by atoms with Crippen LogP contribution in [0.15, 0.2) is 48.7 Å². The number of hydrogen-bond donors (Lipinski definition) is 1. The van der Waals surface area contributed by atoms with Gasteiger partial charge in [-0.25, -0.2) is 9.97 Å². The standard InChI is InChI=1S/C23H22N4O4/c1-29-14-23(28)26-18-8-15(9-19(12-18)30-2)10-22-25-7-6-20(27-22)16-4-5-21(31-3)17(11-16)13-24/h4-9,11-12H,10,14H2,1-3H3,(H,26,28). The van der Waals surface area contributed by atoms with E-state index in [-0.39, 0.29) is 12.5 Å². The Hall–Kier alpha value is -3.96. The summed E-state index contributed by atoms with van der Waals surface area (Å²) in [6, 6.07) is 14.7. The van der Waals surface area contributed by atoms with Gasteiger partial charge in [0.25, 0.3) is 0 Å². The number of carbonyl (C=O) groups is 1. The molecule has 31 heavy (non-hydrogen) atoms. The van der Waals surface area contributed by atoms with E-state index in [2.05, 4.69) is 21.4 Å². The molecule has 8 heteroatoms. The minimum atomic E-state index is -0.257. The fourth-order valence-electron chi connectivity index (χ4n) is 3.06. The third-order valence-electron chi connectivity index (χ3n) is 4.44. The van der Waals surface area contributed by atoms with Gasteiger partial charge in [-0.15, -0.1) is 0 Å². The van der Waals surface area contributed by atoms with Gasteiger partial charge >= 0.3 is 0 Å². The average Bonchev–Trinajstić information content (AvgIpc) is 2.78. The SMILES string of the molecule is COCC(=O)Nc1cc(Cc2nccc(-c3ccc(OC)c(C#N)c3)n2)cc(OC)c1. The zero-order chi connectivity index (χ0) is 22.2. The molecular formula is C23H22N4O4. The highest BCUT2D eigenvalue weighted by Gasteiger charge is 2.10. The van der Waals surface area contributed by atoms with Gasteiger partial charge in [0.15, 0.2) is 0 Å². The maximum atomic E-state index is 11.8. The zero-order valence-corrected chi connectivity index (χ0v) is 17.5. The monoisotopic (exact) mass is 418 g/mol. The van der Waals surface area contributed by atoms with E-state index in [4.69, 9.17) is 14.2 Å². The number of anilines is 1. The highest BCUT2D eigenvalue weighted by atomic mass is 16.5. The van der Waals surface area contributed by atoms with Crippen molar-refractivity contribution in [2.75, 3.05) is 33.3 Å². The lowest BCUT2D eigenvalue weighted by molar-refractivity contribution is -0.119. The van der Waals surface area contributed by atoms with Crippen molar-refractivity contribution in [1.29, 1.82) is 5.26 Å². The molecule has 3 rings (SSSR count). The molecular weight excluding hydrogens is 396 g/mol. The predicted molar refractivity (Wildman–Crippen MR) is 115 cm³/mol. The summed E-state index contributed by atoms with van der Waals surface area (Å²) >= 11 is 0. The minimum absolute atomic E-state index is 0.0375. The first-order chi connectivity index (χ1) is 15.1. The van der Waals surface area contributed by atoms with E-state index in [1.165, 1.54) is 14.2 Å². The van der Waals surface area contributed by atoms with Gasteiger partial charge in [0, 0.05) is 37.0 Å². The first kappa shape index (κ1) is 21.7. The van der Waals surface area contributed by atoms with Gasteiger partial charge in [-0.1, -0.05) is 0 Å². The van der Waals surface area contributed by atoms with Crippen LogP contribution < -0.4 is 14.8 Å². The van der Waals surface area contributed by atoms with Gasteiger partial charge in [-0.2, -0.15) is 5.26 Å². The molecule has 158 valence electrons. The smallest absolute Gasteiger partial charge is 0.250 e. The fourth-order valence-corrected chi connectivity index (χ4v) is 3.06. The summed E-state index contributed by atoms with van der Waals surface area (Å²) in [7, 11) is 4.55. The van der Waals surface area contributed by atoms with Crippen molar-refractivity contribution in [3.63, 3.8) is 0 Å². The molecule has 0 aliphatic carbocycles. The Morgan fingerprint density at radius 2 is 1.94 bits per heavy atom. The Morgan fingerprint density at radius 1 is 1.10 bits per heavy atom. The highest BCUT2D eigenvalue weighted by molar-refractivity contribution is 5.92. The van der Waals surface area contributed by atoms with Crippen LogP contribution >= 0.6 is 0 Å². The zero-order valence-electron chi connectivity index (χ0n) is 17.5. The molecule has 0 atom stereocenters. The van der Waals surface area contributed by atoms with Crippen LogP contribution in [-0.4, -0.2) is 43.8 Å². The predicted octanol–water partition coefficient (Wildman–Crippen LogP) is 3.21. The van der Waals surface area contributed by atoms with Gasteiger partial charge in [0.2, 0.25) is 5.91 Å². The van der Waals surface area contributed by atoms with Crippen molar-refractivity contribution in [2.45, 2.75) is 6.42 Å². The van der Waals surface area contributed by atoms with E-state index in [1.807, 2.05) is 18.2 Å². The fraction of sp³-hybridized carbons (Fsp3) is 0.217. The molecule has 0 unspecified atom stereocenters. The highest BCUT2D eigenvalue weighted by Crippen LogP contribution is 2.26. The summed E-state index contributed by atoms with van der Waals surface area (Å²) in [4.78, 5) is 20.8. The molecule has 2 aromatic carbocycles. The maximum Gasteiger partial charge on any atom is 0.250 e. The average molecular weight is 418 g/mol. The van der Waals surface area contributed by atoms with E-state index < -0.39 is 0 Å². The van der Waals surface area contributed by atoms with Crippen molar-refractivity contribution in [3.8, 4) is 28.8 Å². The number of nitriles is 1.